The minimum absolute atomic E-state index is 0.0247. The number of rotatable bonds is 6. The fraction of sp³-hybridized carbons (Fsp3) is 0.550. The van der Waals surface area contributed by atoms with Gasteiger partial charge in [0.1, 0.15) is 0 Å². The maximum absolute atomic E-state index is 12.3. The van der Waals surface area contributed by atoms with Crippen LogP contribution in [-0.2, 0) is 27.2 Å². The molecular formula is C20H27NO4. The molecule has 1 N–H and O–H groups in total. The third-order valence-corrected chi connectivity index (χ3v) is 4.15. The van der Waals surface area contributed by atoms with Gasteiger partial charge in [-0.05, 0) is 64.2 Å². The number of esters is 1. The van der Waals surface area contributed by atoms with Gasteiger partial charge in [0, 0.05) is 17.5 Å². The van der Waals surface area contributed by atoms with Gasteiger partial charge in [-0.15, -0.1) is 0 Å². The highest BCUT2D eigenvalue weighted by molar-refractivity contribution is 5.98. The van der Waals surface area contributed by atoms with Crippen molar-refractivity contribution >= 4 is 17.7 Å². The summed E-state index contributed by atoms with van der Waals surface area (Å²) in [6.07, 6.45) is 2.41. The molecule has 5 heteroatoms. The Morgan fingerprint density at radius 2 is 1.80 bits per heavy atom. The zero-order chi connectivity index (χ0) is 18.6. The van der Waals surface area contributed by atoms with Crippen LogP contribution in [0.5, 0.6) is 0 Å². The smallest absolute Gasteiger partial charge is 0.307 e. The first kappa shape index (κ1) is 19.2. The monoisotopic (exact) mass is 345 g/mol. The number of hydrogen-bond acceptors (Lipinski definition) is 4. The van der Waals surface area contributed by atoms with Gasteiger partial charge < -0.3 is 10.1 Å². The normalized spacial score (nSPS) is 14.6. The van der Waals surface area contributed by atoms with Crippen LogP contribution in [0, 0.1) is 0 Å². The van der Waals surface area contributed by atoms with Gasteiger partial charge in [0.05, 0.1) is 6.42 Å². The first-order valence-corrected chi connectivity index (χ1v) is 8.82. The van der Waals surface area contributed by atoms with E-state index in [1.165, 1.54) is 18.1 Å². The molecule has 0 bridgehead atoms. The average Bonchev–Trinajstić information content (AvgIpc) is 2.98. The molecule has 0 radical (unpaired) electrons. The summed E-state index contributed by atoms with van der Waals surface area (Å²) in [5, 5.41) is 2.76. The standard InChI is InChI=1S/C20H27NO4/c1-13(19(24)21-20(2,3)4)25-18(23)11-10-17(22)16-9-8-14-6-5-7-15(14)12-16/h8-9,12-13H,5-7,10-11H2,1-4H3,(H,21,24)/t13-/m0/s1. The van der Waals surface area contributed by atoms with Crippen molar-refractivity contribution in [1.82, 2.24) is 5.32 Å². The Balaban J connectivity index is 1.81. The molecule has 0 saturated carbocycles. The van der Waals surface area contributed by atoms with Gasteiger partial charge in [-0.1, -0.05) is 12.1 Å². The molecule has 0 aliphatic heterocycles. The lowest BCUT2D eigenvalue weighted by molar-refractivity contribution is -0.155. The summed E-state index contributed by atoms with van der Waals surface area (Å²) in [5.41, 5.74) is 2.81. The molecule has 1 atom stereocenters. The van der Waals surface area contributed by atoms with E-state index in [2.05, 4.69) is 5.32 Å². The van der Waals surface area contributed by atoms with E-state index in [1.807, 2.05) is 39.0 Å². The van der Waals surface area contributed by atoms with Crippen LogP contribution in [0.4, 0.5) is 0 Å². The molecule has 0 aromatic heterocycles. The van der Waals surface area contributed by atoms with Crippen molar-refractivity contribution < 1.29 is 19.1 Å². The van der Waals surface area contributed by atoms with Crippen LogP contribution < -0.4 is 5.32 Å². The van der Waals surface area contributed by atoms with E-state index >= 15 is 0 Å². The molecular weight excluding hydrogens is 318 g/mol. The summed E-state index contributed by atoms with van der Waals surface area (Å²) in [7, 11) is 0. The fourth-order valence-electron chi connectivity index (χ4n) is 2.89. The SMILES string of the molecule is C[C@H](OC(=O)CCC(=O)c1ccc2c(c1)CCC2)C(=O)NC(C)(C)C. The van der Waals surface area contributed by atoms with Gasteiger partial charge in [-0.2, -0.15) is 0 Å². The van der Waals surface area contributed by atoms with Crippen LogP contribution in [0.3, 0.4) is 0 Å². The molecule has 0 spiro atoms. The Kier molecular flexibility index (Phi) is 5.98. The van der Waals surface area contributed by atoms with Gasteiger partial charge >= 0.3 is 5.97 Å². The lowest BCUT2D eigenvalue weighted by atomic mass is 10.0. The highest BCUT2D eigenvalue weighted by Gasteiger charge is 2.23. The largest absolute Gasteiger partial charge is 0.453 e. The van der Waals surface area contributed by atoms with Gasteiger partial charge in [0.2, 0.25) is 0 Å². The summed E-state index contributed by atoms with van der Waals surface area (Å²) in [5.74, 6) is -0.949. The van der Waals surface area contributed by atoms with Gasteiger partial charge in [-0.3, -0.25) is 14.4 Å². The Hall–Kier alpha value is -2.17. The fourth-order valence-corrected chi connectivity index (χ4v) is 2.89. The number of aryl methyl sites for hydroxylation is 2. The van der Waals surface area contributed by atoms with Crippen LogP contribution in [-0.4, -0.2) is 29.3 Å². The molecule has 25 heavy (non-hydrogen) atoms. The van der Waals surface area contributed by atoms with Crippen LogP contribution in [0.25, 0.3) is 0 Å². The van der Waals surface area contributed by atoms with Crippen molar-refractivity contribution in [2.24, 2.45) is 0 Å². The number of carbonyl (C=O) groups is 3. The van der Waals surface area contributed by atoms with E-state index < -0.39 is 12.1 Å². The maximum Gasteiger partial charge on any atom is 0.307 e. The average molecular weight is 345 g/mol. The molecule has 0 unspecified atom stereocenters. The summed E-state index contributed by atoms with van der Waals surface area (Å²) in [6, 6.07) is 5.78. The molecule has 1 amide bonds. The lowest BCUT2D eigenvalue weighted by Gasteiger charge is -2.23. The van der Waals surface area contributed by atoms with Crippen molar-refractivity contribution in [3.05, 3.63) is 34.9 Å². The van der Waals surface area contributed by atoms with E-state index in [-0.39, 0.29) is 30.1 Å². The summed E-state index contributed by atoms with van der Waals surface area (Å²) >= 11 is 0. The highest BCUT2D eigenvalue weighted by Crippen LogP contribution is 2.23. The maximum atomic E-state index is 12.3. The van der Waals surface area contributed by atoms with Crippen molar-refractivity contribution in [2.75, 3.05) is 0 Å². The lowest BCUT2D eigenvalue weighted by Crippen LogP contribution is -2.46. The van der Waals surface area contributed by atoms with Crippen LogP contribution in [0.1, 0.15) is 68.4 Å². The summed E-state index contributed by atoms with van der Waals surface area (Å²) in [4.78, 5) is 36.1. The van der Waals surface area contributed by atoms with E-state index in [0.717, 1.165) is 19.3 Å². The Labute approximate surface area is 149 Å². The predicted octanol–water partition coefficient (Wildman–Crippen LogP) is 2.98. The molecule has 1 aromatic carbocycles. The number of amides is 1. The van der Waals surface area contributed by atoms with Gasteiger partial charge in [0.25, 0.3) is 5.91 Å². The highest BCUT2D eigenvalue weighted by atomic mass is 16.5. The first-order valence-electron chi connectivity index (χ1n) is 8.82. The minimum Gasteiger partial charge on any atom is -0.453 e. The first-order chi connectivity index (χ1) is 11.7. The van der Waals surface area contributed by atoms with Crippen LogP contribution >= 0.6 is 0 Å². The number of benzene rings is 1. The molecule has 0 fully saturated rings. The summed E-state index contributed by atoms with van der Waals surface area (Å²) < 4.78 is 5.12. The number of fused-ring (bicyclic) bond motifs is 1. The number of ether oxygens (including phenoxy) is 1. The molecule has 0 heterocycles. The number of Topliss-reactive ketones (excluding diaryl/α,β-unsaturated/α-hetero) is 1. The van der Waals surface area contributed by atoms with E-state index in [0.29, 0.717) is 5.56 Å². The van der Waals surface area contributed by atoms with Crippen LogP contribution in [0.2, 0.25) is 0 Å². The molecule has 1 aliphatic rings. The molecule has 1 aliphatic carbocycles. The third kappa shape index (κ3) is 5.69. The van der Waals surface area contributed by atoms with Crippen LogP contribution in [0.15, 0.2) is 18.2 Å². The van der Waals surface area contributed by atoms with Crippen molar-refractivity contribution in [2.45, 2.75) is 71.4 Å². The second kappa shape index (κ2) is 7.81. The second-order valence-corrected chi connectivity index (χ2v) is 7.63. The predicted molar refractivity (Wildman–Crippen MR) is 95.5 cm³/mol. The topological polar surface area (TPSA) is 72.5 Å². The number of carbonyl (C=O) groups excluding carboxylic acids is 3. The van der Waals surface area contributed by atoms with Crippen molar-refractivity contribution in [1.29, 1.82) is 0 Å². The van der Waals surface area contributed by atoms with E-state index in [1.54, 1.807) is 0 Å². The summed E-state index contributed by atoms with van der Waals surface area (Å²) in [6.45, 7) is 7.10. The van der Waals surface area contributed by atoms with Crippen molar-refractivity contribution in [3.8, 4) is 0 Å². The third-order valence-electron chi connectivity index (χ3n) is 4.15. The number of hydrogen-bond donors (Lipinski definition) is 1. The molecule has 0 saturated heterocycles. The van der Waals surface area contributed by atoms with E-state index in [4.69, 9.17) is 4.74 Å². The molecule has 136 valence electrons. The number of nitrogens with one attached hydrogen (secondary N) is 1. The quantitative estimate of drug-likeness (QED) is 0.635. The Morgan fingerprint density at radius 3 is 2.48 bits per heavy atom. The molecule has 5 nitrogen and oxygen atoms in total. The number of ketones is 1. The van der Waals surface area contributed by atoms with Gasteiger partial charge in [-0.25, -0.2) is 0 Å². The van der Waals surface area contributed by atoms with Gasteiger partial charge in [0.15, 0.2) is 11.9 Å². The molecule has 2 rings (SSSR count). The molecule has 1 aromatic rings. The zero-order valence-electron chi connectivity index (χ0n) is 15.5. The van der Waals surface area contributed by atoms with E-state index in [9.17, 15) is 14.4 Å². The van der Waals surface area contributed by atoms with Crippen molar-refractivity contribution in [3.63, 3.8) is 0 Å². The Bertz CT molecular complexity index is 673. The minimum atomic E-state index is -0.873. The second-order valence-electron chi connectivity index (χ2n) is 7.63. The Morgan fingerprint density at radius 1 is 1.12 bits per heavy atom. The zero-order valence-corrected chi connectivity index (χ0v) is 15.5.